The first kappa shape index (κ1) is 18.2. The highest BCUT2D eigenvalue weighted by atomic mass is 16.1. The van der Waals surface area contributed by atoms with Gasteiger partial charge in [0.15, 0.2) is 5.78 Å². The first-order valence-corrected chi connectivity index (χ1v) is 7.10. The Morgan fingerprint density at radius 1 is 1.05 bits per heavy atom. The van der Waals surface area contributed by atoms with E-state index in [0.29, 0.717) is 0 Å². The van der Waals surface area contributed by atoms with Gasteiger partial charge in [0.1, 0.15) is 0 Å². The molecular weight excluding hydrogens is 236 g/mol. The van der Waals surface area contributed by atoms with Crippen LogP contribution in [0.15, 0.2) is 11.8 Å². The van der Waals surface area contributed by atoms with Crippen molar-refractivity contribution in [3.05, 3.63) is 11.8 Å². The van der Waals surface area contributed by atoms with E-state index < -0.39 is 0 Å². The number of rotatable bonds is 6. The van der Waals surface area contributed by atoms with Gasteiger partial charge in [-0.25, -0.2) is 0 Å². The molecule has 0 aliphatic rings. The molecule has 112 valence electrons. The van der Waals surface area contributed by atoms with Gasteiger partial charge in [0.05, 0.1) is 0 Å². The van der Waals surface area contributed by atoms with Gasteiger partial charge >= 0.3 is 0 Å². The molecule has 0 aromatic rings. The van der Waals surface area contributed by atoms with Crippen LogP contribution in [-0.2, 0) is 4.79 Å². The third-order valence-electron chi connectivity index (χ3n) is 2.92. The second-order valence-electron chi connectivity index (χ2n) is 7.51. The van der Waals surface area contributed by atoms with E-state index in [2.05, 4.69) is 45.1 Å². The zero-order valence-electron chi connectivity index (χ0n) is 14.1. The Morgan fingerprint density at radius 3 is 1.95 bits per heavy atom. The monoisotopic (exact) mass is 268 g/mol. The number of carbonyl (C=O) groups excluding carboxylic acids is 1. The molecular formula is C16H32N2O. The first-order valence-electron chi connectivity index (χ1n) is 7.10. The molecule has 0 bridgehead atoms. The van der Waals surface area contributed by atoms with E-state index in [1.807, 2.05) is 20.8 Å². The lowest BCUT2D eigenvalue weighted by Gasteiger charge is -2.26. The van der Waals surface area contributed by atoms with E-state index >= 15 is 0 Å². The van der Waals surface area contributed by atoms with E-state index in [-0.39, 0.29) is 16.6 Å². The molecule has 1 N–H and O–H groups in total. The summed E-state index contributed by atoms with van der Waals surface area (Å²) in [5.74, 6) is 0.178. The fourth-order valence-electron chi connectivity index (χ4n) is 1.50. The SMILES string of the molecule is CN(C)CCCN/C(=C\C(=O)C(C)(C)C)C(C)(C)C. The van der Waals surface area contributed by atoms with Crippen LogP contribution in [-0.4, -0.2) is 37.9 Å². The van der Waals surface area contributed by atoms with Gasteiger partial charge < -0.3 is 10.2 Å². The Balaban J connectivity index is 4.67. The quantitative estimate of drug-likeness (QED) is 0.593. The molecule has 0 radical (unpaired) electrons. The maximum Gasteiger partial charge on any atom is 0.162 e. The first-order chi connectivity index (χ1) is 8.44. The van der Waals surface area contributed by atoms with Crippen molar-refractivity contribution in [3.63, 3.8) is 0 Å². The van der Waals surface area contributed by atoms with E-state index in [4.69, 9.17) is 0 Å². The number of carbonyl (C=O) groups is 1. The standard InChI is InChI=1S/C16H32N2O/c1-15(2,3)13(12-14(19)16(4,5)6)17-10-9-11-18(7)8/h12,17H,9-11H2,1-8H3/b13-12-. The van der Waals surface area contributed by atoms with E-state index in [1.165, 1.54) is 0 Å². The number of hydrogen-bond donors (Lipinski definition) is 1. The molecule has 0 rings (SSSR count). The summed E-state index contributed by atoms with van der Waals surface area (Å²) in [6, 6.07) is 0. The number of hydrogen-bond acceptors (Lipinski definition) is 3. The molecule has 0 amide bonds. The molecule has 0 aliphatic heterocycles. The molecule has 19 heavy (non-hydrogen) atoms. The van der Waals surface area contributed by atoms with Crippen LogP contribution in [0.4, 0.5) is 0 Å². The van der Waals surface area contributed by atoms with Crippen LogP contribution in [0.2, 0.25) is 0 Å². The topological polar surface area (TPSA) is 32.3 Å². The van der Waals surface area contributed by atoms with Gasteiger partial charge in [0.25, 0.3) is 0 Å². The van der Waals surface area contributed by atoms with Gasteiger partial charge in [0.2, 0.25) is 0 Å². The number of nitrogens with one attached hydrogen (secondary N) is 1. The highest BCUT2D eigenvalue weighted by Gasteiger charge is 2.23. The van der Waals surface area contributed by atoms with Crippen molar-refractivity contribution in [1.29, 1.82) is 0 Å². The maximum absolute atomic E-state index is 12.1. The minimum absolute atomic E-state index is 0.0287. The zero-order chi connectivity index (χ0) is 15.3. The van der Waals surface area contributed by atoms with Crippen LogP contribution in [0.25, 0.3) is 0 Å². The summed E-state index contributed by atoms with van der Waals surface area (Å²) in [5.41, 5.74) is 0.687. The molecule has 0 unspecified atom stereocenters. The fraction of sp³-hybridized carbons (Fsp3) is 0.812. The third kappa shape index (κ3) is 8.04. The summed E-state index contributed by atoms with van der Waals surface area (Å²) in [4.78, 5) is 14.3. The van der Waals surface area contributed by atoms with Crippen LogP contribution >= 0.6 is 0 Å². The van der Waals surface area contributed by atoms with Crippen molar-refractivity contribution in [2.75, 3.05) is 27.2 Å². The molecule has 0 fully saturated rings. The second kappa shape index (κ2) is 7.09. The minimum atomic E-state index is -0.318. The largest absolute Gasteiger partial charge is 0.388 e. The molecule has 0 aliphatic carbocycles. The maximum atomic E-state index is 12.1. The summed E-state index contributed by atoms with van der Waals surface area (Å²) in [6.45, 7) is 14.2. The second-order valence-corrected chi connectivity index (χ2v) is 7.51. The van der Waals surface area contributed by atoms with E-state index in [9.17, 15) is 4.79 Å². The van der Waals surface area contributed by atoms with Crippen LogP contribution in [0.1, 0.15) is 48.0 Å². The lowest BCUT2D eigenvalue weighted by atomic mass is 9.85. The Hall–Kier alpha value is -0.830. The summed E-state index contributed by atoms with van der Waals surface area (Å²) in [6.07, 6.45) is 2.86. The summed E-state index contributed by atoms with van der Waals surface area (Å²) < 4.78 is 0. The lowest BCUT2D eigenvalue weighted by Crippen LogP contribution is -2.29. The molecule has 0 aromatic carbocycles. The van der Waals surface area contributed by atoms with Gasteiger partial charge in [-0.1, -0.05) is 41.5 Å². The summed E-state index contributed by atoms with van der Waals surface area (Å²) >= 11 is 0. The molecule has 0 atom stereocenters. The Bertz CT molecular complexity index is 317. The molecule has 0 heterocycles. The molecule has 0 saturated heterocycles. The molecule has 3 nitrogen and oxygen atoms in total. The number of allylic oxidation sites excluding steroid dienone is 2. The van der Waals surface area contributed by atoms with Crippen molar-refractivity contribution in [1.82, 2.24) is 10.2 Å². The molecule has 0 spiro atoms. The zero-order valence-corrected chi connectivity index (χ0v) is 14.1. The highest BCUT2D eigenvalue weighted by molar-refractivity contribution is 5.94. The summed E-state index contributed by atoms with van der Waals surface area (Å²) in [7, 11) is 4.15. The summed E-state index contributed by atoms with van der Waals surface area (Å²) in [5, 5.41) is 3.43. The van der Waals surface area contributed by atoms with Crippen molar-refractivity contribution in [2.24, 2.45) is 10.8 Å². The van der Waals surface area contributed by atoms with Crippen LogP contribution < -0.4 is 5.32 Å². The van der Waals surface area contributed by atoms with Crippen molar-refractivity contribution in [3.8, 4) is 0 Å². The predicted molar refractivity (Wildman–Crippen MR) is 83.2 cm³/mol. The average molecular weight is 268 g/mol. The van der Waals surface area contributed by atoms with Crippen LogP contribution in [0, 0.1) is 10.8 Å². The smallest absolute Gasteiger partial charge is 0.162 e. The fourth-order valence-corrected chi connectivity index (χ4v) is 1.50. The van der Waals surface area contributed by atoms with Crippen LogP contribution in [0.3, 0.4) is 0 Å². The van der Waals surface area contributed by atoms with Gasteiger partial charge in [-0.05, 0) is 27.1 Å². The highest BCUT2D eigenvalue weighted by Crippen LogP contribution is 2.25. The third-order valence-corrected chi connectivity index (χ3v) is 2.92. The van der Waals surface area contributed by atoms with E-state index in [0.717, 1.165) is 25.2 Å². The Labute approximate surface area is 119 Å². The number of nitrogens with zero attached hydrogens (tertiary/aromatic N) is 1. The van der Waals surface area contributed by atoms with Crippen molar-refractivity contribution >= 4 is 5.78 Å². The van der Waals surface area contributed by atoms with Crippen LogP contribution in [0.5, 0.6) is 0 Å². The van der Waals surface area contributed by atoms with Gasteiger partial charge in [-0.2, -0.15) is 0 Å². The Kier molecular flexibility index (Phi) is 6.78. The van der Waals surface area contributed by atoms with E-state index in [1.54, 1.807) is 6.08 Å². The predicted octanol–water partition coefficient (Wildman–Crippen LogP) is 3.07. The lowest BCUT2D eigenvalue weighted by molar-refractivity contribution is -0.121. The van der Waals surface area contributed by atoms with Gasteiger partial charge in [0, 0.05) is 29.1 Å². The molecule has 3 heteroatoms. The minimum Gasteiger partial charge on any atom is -0.388 e. The van der Waals surface area contributed by atoms with Crippen molar-refractivity contribution < 1.29 is 4.79 Å². The molecule has 0 aromatic heterocycles. The van der Waals surface area contributed by atoms with Gasteiger partial charge in [-0.3, -0.25) is 4.79 Å². The number of ketones is 1. The normalized spacial score (nSPS) is 13.8. The van der Waals surface area contributed by atoms with Crippen molar-refractivity contribution in [2.45, 2.75) is 48.0 Å². The Morgan fingerprint density at radius 2 is 1.58 bits per heavy atom. The average Bonchev–Trinajstić information content (AvgIpc) is 2.18. The molecule has 0 saturated carbocycles. The van der Waals surface area contributed by atoms with Gasteiger partial charge in [-0.15, -0.1) is 0 Å².